The summed E-state index contributed by atoms with van der Waals surface area (Å²) in [6, 6.07) is 8.96. The summed E-state index contributed by atoms with van der Waals surface area (Å²) in [6.45, 7) is 2.84. The third kappa shape index (κ3) is 2.70. The molecule has 0 spiro atoms. The Balaban J connectivity index is 1.89. The number of nitrogens with zero attached hydrogens (tertiary/aromatic N) is 1. The number of hydrogen-bond acceptors (Lipinski definition) is 4. The van der Waals surface area contributed by atoms with Crippen molar-refractivity contribution in [3.63, 3.8) is 0 Å². The molecule has 0 aliphatic carbocycles. The summed E-state index contributed by atoms with van der Waals surface area (Å²) < 4.78 is 16.3. The third-order valence-corrected chi connectivity index (χ3v) is 3.40. The number of hydrogen-bond donors (Lipinski definition) is 0. The first kappa shape index (κ1) is 14.3. The summed E-state index contributed by atoms with van der Waals surface area (Å²) in [5, 5.41) is 0.868. The third-order valence-electron chi connectivity index (χ3n) is 3.40. The number of ether oxygens (including phenoxy) is 1. The second-order valence-electron chi connectivity index (χ2n) is 4.98. The summed E-state index contributed by atoms with van der Waals surface area (Å²) in [5.74, 6) is 1.28. The molecule has 0 aliphatic rings. The van der Waals surface area contributed by atoms with Gasteiger partial charge in [0.2, 0.25) is 0 Å². The molecule has 22 heavy (non-hydrogen) atoms. The van der Waals surface area contributed by atoms with Gasteiger partial charge < -0.3 is 18.5 Å². The Labute approximate surface area is 128 Å². The lowest BCUT2D eigenvalue weighted by molar-refractivity contribution is 0.0775. The molecule has 114 valence electrons. The van der Waals surface area contributed by atoms with E-state index in [-0.39, 0.29) is 5.91 Å². The fourth-order valence-corrected chi connectivity index (χ4v) is 2.37. The van der Waals surface area contributed by atoms with Crippen LogP contribution < -0.4 is 4.74 Å². The van der Waals surface area contributed by atoms with Crippen LogP contribution in [0.5, 0.6) is 5.75 Å². The Bertz CT molecular complexity index is 773. The van der Waals surface area contributed by atoms with Crippen LogP contribution in [0.25, 0.3) is 11.0 Å². The largest absolute Gasteiger partial charge is 0.493 e. The van der Waals surface area contributed by atoms with Gasteiger partial charge in [-0.15, -0.1) is 0 Å². The number of furan rings is 2. The number of carbonyl (C=O) groups is 1. The van der Waals surface area contributed by atoms with Crippen LogP contribution in [-0.4, -0.2) is 24.5 Å². The van der Waals surface area contributed by atoms with Crippen LogP contribution in [0.2, 0.25) is 0 Å². The molecule has 3 aromatic rings. The molecule has 0 N–H and O–H groups in total. The van der Waals surface area contributed by atoms with E-state index in [1.165, 1.54) is 0 Å². The molecule has 0 radical (unpaired) electrons. The minimum atomic E-state index is -0.115. The van der Waals surface area contributed by atoms with Crippen molar-refractivity contribution in [1.82, 2.24) is 4.90 Å². The van der Waals surface area contributed by atoms with Gasteiger partial charge in [0, 0.05) is 12.6 Å². The molecular formula is C17H17NO4. The molecule has 1 amide bonds. The van der Waals surface area contributed by atoms with Crippen LogP contribution in [0.4, 0.5) is 0 Å². The van der Waals surface area contributed by atoms with Crippen LogP contribution in [0.1, 0.15) is 23.0 Å². The lowest BCUT2D eigenvalue weighted by atomic mass is 10.1. The van der Waals surface area contributed by atoms with Gasteiger partial charge in [-0.2, -0.15) is 0 Å². The zero-order valence-corrected chi connectivity index (χ0v) is 12.5. The average molecular weight is 299 g/mol. The number of benzene rings is 1. The minimum Gasteiger partial charge on any atom is -0.493 e. The number of fused-ring (bicyclic) bond motifs is 1. The lowest BCUT2D eigenvalue weighted by Crippen LogP contribution is -2.26. The molecule has 2 aromatic heterocycles. The van der Waals surface area contributed by atoms with Crippen molar-refractivity contribution in [2.45, 2.75) is 13.5 Å². The van der Waals surface area contributed by atoms with E-state index in [0.29, 0.717) is 30.0 Å². The lowest BCUT2D eigenvalue weighted by Gasteiger charge is -2.16. The van der Waals surface area contributed by atoms with Crippen LogP contribution in [0.15, 0.2) is 51.7 Å². The van der Waals surface area contributed by atoms with Crippen molar-refractivity contribution >= 4 is 16.9 Å². The molecule has 0 bridgehead atoms. The SMILES string of the molecule is CCOc1cc(C(=O)N(C)Cc2ccco2)cc2occc12. The predicted octanol–water partition coefficient (Wildman–Crippen LogP) is 3.70. The molecule has 0 fully saturated rings. The fourth-order valence-electron chi connectivity index (χ4n) is 2.37. The highest BCUT2D eigenvalue weighted by Crippen LogP contribution is 2.29. The number of carbonyl (C=O) groups excluding carboxylic acids is 1. The highest BCUT2D eigenvalue weighted by molar-refractivity contribution is 5.99. The summed E-state index contributed by atoms with van der Waals surface area (Å²) in [7, 11) is 1.73. The van der Waals surface area contributed by atoms with Gasteiger partial charge >= 0.3 is 0 Å². The van der Waals surface area contributed by atoms with Gasteiger partial charge in [0.15, 0.2) is 0 Å². The molecule has 3 rings (SSSR count). The summed E-state index contributed by atoms with van der Waals surface area (Å²) in [5.41, 5.74) is 1.17. The molecule has 5 nitrogen and oxygen atoms in total. The molecular weight excluding hydrogens is 282 g/mol. The average Bonchev–Trinajstić information content (AvgIpc) is 3.17. The van der Waals surface area contributed by atoms with E-state index in [4.69, 9.17) is 13.6 Å². The minimum absolute atomic E-state index is 0.115. The standard InChI is InChI=1S/C17H17NO4/c1-3-20-15-9-12(10-16-14(15)6-8-22-16)17(19)18(2)11-13-5-4-7-21-13/h4-10H,3,11H2,1-2H3. The van der Waals surface area contributed by atoms with E-state index in [2.05, 4.69) is 0 Å². The van der Waals surface area contributed by atoms with Crippen LogP contribution in [0.3, 0.4) is 0 Å². The van der Waals surface area contributed by atoms with E-state index in [1.807, 2.05) is 19.1 Å². The van der Waals surface area contributed by atoms with Crippen molar-refractivity contribution in [3.05, 3.63) is 54.2 Å². The molecule has 0 saturated carbocycles. The molecule has 0 saturated heterocycles. The van der Waals surface area contributed by atoms with Crippen LogP contribution in [-0.2, 0) is 6.54 Å². The zero-order chi connectivity index (χ0) is 15.5. The Morgan fingerprint density at radius 2 is 2.09 bits per heavy atom. The molecule has 0 aliphatic heterocycles. The van der Waals surface area contributed by atoms with Gasteiger partial charge in [-0.05, 0) is 37.3 Å². The number of amides is 1. The van der Waals surface area contributed by atoms with E-state index in [9.17, 15) is 4.79 Å². The molecule has 5 heteroatoms. The first-order valence-corrected chi connectivity index (χ1v) is 7.11. The Hall–Kier alpha value is -2.69. The summed E-state index contributed by atoms with van der Waals surface area (Å²) in [6.07, 6.45) is 3.18. The second-order valence-corrected chi connectivity index (χ2v) is 4.98. The summed E-state index contributed by atoms with van der Waals surface area (Å²) in [4.78, 5) is 14.2. The topological polar surface area (TPSA) is 55.8 Å². The first-order chi connectivity index (χ1) is 10.7. The maximum absolute atomic E-state index is 12.6. The van der Waals surface area contributed by atoms with Gasteiger partial charge in [0.05, 0.1) is 31.1 Å². The number of rotatable bonds is 5. The normalized spacial score (nSPS) is 10.8. The highest BCUT2D eigenvalue weighted by atomic mass is 16.5. The van der Waals surface area contributed by atoms with E-state index in [1.54, 1.807) is 42.7 Å². The van der Waals surface area contributed by atoms with Gasteiger partial charge in [-0.3, -0.25) is 4.79 Å². The van der Waals surface area contributed by atoms with Crippen molar-refractivity contribution in [2.24, 2.45) is 0 Å². The quantitative estimate of drug-likeness (QED) is 0.721. The Morgan fingerprint density at radius 1 is 1.23 bits per heavy atom. The van der Waals surface area contributed by atoms with Gasteiger partial charge in [-0.25, -0.2) is 0 Å². The van der Waals surface area contributed by atoms with Crippen molar-refractivity contribution in [1.29, 1.82) is 0 Å². The maximum Gasteiger partial charge on any atom is 0.254 e. The maximum atomic E-state index is 12.6. The predicted molar refractivity (Wildman–Crippen MR) is 81.9 cm³/mol. The molecule has 1 aromatic carbocycles. The van der Waals surface area contributed by atoms with Gasteiger partial charge in [0.25, 0.3) is 5.91 Å². The van der Waals surface area contributed by atoms with Crippen molar-refractivity contribution in [3.8, 4) is 5.75 Å². The molecule has 2 heterocycles. The first-order valence-electron chi connectivity index (χ1n) is 7.11. The molecule has 0 atom stereocenters. The fraction of sp³-hybridized carbons (Fsp3) is 0.235. The van der Waals surface area contributed by atoms with E-state index < -0.39 is 0 Å². The monoisotopic (exact) mass is 299 g/mol. The summed E-state index contributed by atoms with van der Waals surface area (Å²) >= 11 is 0. The van der Waals surface area contributed by atoms with Crippen molar-refractivity contribution in [2.75, 3.05) is 13.7 Å². The van der Waals surface area contributed by atoms with E-state index >= 15 is 0 Å². The van der Waals surface area contributed by atoms with Gasteiger partial charge in [-0.1, -0.05) is 0 Å². The Morgan fingerprint density at radius 3 is 2.82 bits per heavy atom. The Kier molecular flexibility index (Phi) is 3.87. The van der Waals surface area contributed by atoms with Gasteiger partial charge in [0.1, 0.15) is 17.1 Å². The smallest absolute Gasteiger partial charge is 0.254 e. The zero-order valence-electron chi connectivity index (χ0n) is 12.5. The van der Waals surface area contributed by atoms with Crippen LogP contribution >= 0.6 is 0 Å². The highest BCUT2D eigenvalue weighted by Gasteiger charge is 2.17. The van der Waals surface area contributed by atoms with Crippen molar-refractivity contribution < 1.29 is 18.4 Å². The van der Waals surface area contributed by atoms with E-state index in [0.717, 1.165) is 11.1 Å². The molecule has 0 unspecified atom stereocenters. The van der Waals surface area contributed by atoms with Crippen LogP contribution in [0, 0.1) is 0 Å². The second kappa shape index (κ2) is 5.97.